The van der Waals surface area contributed by atoms with Gasteiger partial charge in [0.1, 0.15) is 14.1 Å². The molecule has 2 aliphatic heterocycles. The summed E-state index contributed by atoms with van der Waals surface area (Å²) in [6, 6.07) is 20.9. The van der Waals surface area contributed by atoms with Gasteiger partial charge in [0.05, 0.1) is 0 Å². The molecule has 4 fully saturated rings. The van der Waals surface area contributed by atoms with E-state index in [9.17, 15) is 9.69 Å². The molecule has 2 N–H and O–H groups in total. The maximum absolute atomic E-state index is 12.9. The van der Waals surface area contributed by atoms with Crippen LogP contribution in [0.4, 0.5) is 0 Å². The highest BCUT2D eigenvalue weighted by molar-refractivity contribution is 7.40. The van der Waals surface area contributed by atoms with Crippen LogP contribution in [0, 0.1) is 11.8 Å². The van der Waals surface area contributed by atoms with Gasteiger partial charge >= 0.3 is 0 Å². The number of carbonyl (C=O) groups excluding carboxylic acids is 1. The zero-order valence-electron chi connectivity index (χ0n) is 28.5. The Hall–Kier alpha value is -2.31. The minimum absolute atomic E-state index is 0.250. The maximum atomic E-state index is 12.9. The molecule has 5 unspecified atom stereocenters. The van der Waals surface area contributed by atoms with E-state index in [1.54, 1.807) is 5.56 Å². The number of hydrogen-bond donors (Lipinski definition) is 2. The lowest BCUT2D eigenvalue weighted by Crippen LogP contribution is -2.48. The van der Waals surface area contributed by atoms with Crippen molar-refractivity contribution in [2.75, 3.05) is 33.2 Å². The summed E-state index contributed by atoms with van der Waals surface area (Å²) in [5, 5.41) is 7.89. The van der Waals surface area contributed by atoms with Crippen molar-refractivity contribution in [1.29, 1.82) is 0 Å². The molecule has 0 spiro atoms. The van der Waals surface area contributed by atoms with Crippen LogP contribution in [0.15, 0.2) is 54.6 Å². The summed E-state index contributed by atoms with van der Waals surface area (Å²) < 4.78 is 0. The molecule has 46 heavy (non-hydrogen) atoms. The standard InChI is InChI=1S/C19H29N2O2P.C18H27N.CH2O2/c1-14-13-18(14)21(16-9-11-20(2)12-10-16)19(22)8-5-15-3-6-17(24-23)7-4-15;1-15(16-8-4-2-5-9-16)19-13-12-18(14-19)17-10-6-3-7-11-17;2-1-3/h3-4,6-7,14,16,18,23-24H,5,8-13H2,1-2H3;3,6-7,10-11,15-16,18H,2,4-5,8-9,12-14H2,1H3;1H,(H,2,3)/p+1. The van der Waals surface area contributed by atoms with Crippen LogP contribution in [0.5, 0.6) is 0 Å². The lowest BCUT2D eigenvalue weighted by molar-refractivity contribution is -0.135. The molecule has 7 nitrogen and oxygen atoms in total. The van der Waals surface area contributed by atoms with E-state index in [0.29, 0.717) is 30.3 Å². The molecule has 5 atom stereocenters. The lowest BCUT2D eigenvalue weighted by atomic mass is 9.84. The fraction of sp³-hybridized carbons (Fsp3) is 0.632. The number of hydrogen-bond acceptors (Lipinski definition) is 5. The highest BCUT2D eigenvalue weighted by Crippen LogP contribution is 2.38. The molecule has 0 radical (unpaired) electrons. The van der Waals surface area contributed by atoms with Crippen LogP contribution in [0.25, 0.3) is 0 Å². The van der Waals surface area contributed by atoms with Gasteiger partial charge in [-0.15, -0.1) is 0 Å². The van der Waals surface area contributed by atoms with E-state index in [-0.39, 0.29) is 6.47 Å². The monoisotopic (exact) mass is 652 g/mol. The Kier molecular flexibility index (Phi) is 15.0. The third-order valence-corrected chi connectivity index (χ3v) is 11.6. The van der Waals surface area contributed by atoms with E-state index < -0.39 is 8.81 Å². The highest BCUT2D eigenvalue weighted by atomic mass is 31.1. The zero-order valence-corrected chi connectivity index (χ0v) is 29.6. The number of likely N-dealkylation sites (tertiary alicyclic amines) is 2. The van der Waals surface area contributed by atoms with Crippen molar-refractivity contribution in [2.24, 2.45) is 11.8 Å². The largest absolute Gasteiger partial charge is 0.483 e. The first kappa shape index (κ1) is 36.5. The smallest absolute Gasteiger partial charge is 0.290 e. The second-order valence-electron chi connectivity index (χ2n) is 14.1. The van der Waals surface area contributed by atoms with Crippen molar-refractivity contribution in [1.82, 2.24) is 14.7 Å². The Balaban J connectivity index is 0.000000197. The third-order valence-electron chi connectivity index (χ3n) is 10.9. The molecular formula is C38H59N3O4P+. The summed E-state index contributed by atoms with van der Waals surface area (Å²) in [4.78, 5) is 37.8. The lowest BCUT2D eigenvalue weighted by Gasteiger charge is -2.38. The molecular weight excluding hydrogens is 593 g/mol. The fourth-order valence-electron chi connectivity index (χ4n) is 7.84. The Labute approximate surface area is 279 Å². The molecule has 0 aromatic heterocycles. The number of carbonyl (C=O) groups is 2. The van der Waals surface area contributed by atoms with Crippen LogP contribution in [0.3, 0.4) is 0 Å². The Morgan fingerprint density at radius 1 is 0.978 bits per heavy atom. The fourth-order valence-corrected chi connectivity index (χ4v) is 8.21. The van der Waals surface area contributed by atoms with Crippen LogP contribution in [0.1, 0.15) is 95.1 Å². The first-order chi connectivity index (χ1) is 22.3. The normalized spacial score (nSPS) is 24.8. The van der Waals surface area contributed by atoms with Crippen LogP contribution < -0.4 is 5.30 Å². The van der Waals surface area contributed by atoms with E-state index in [1.807, 2.05) is 24.3 Å². The summed E-state index contributed by atoms with van der Waals surface area (Å²) in [6.07, 6.45) is 13.5. The SMILES string of the molecule is CC(C1CCCCC1)N1CCC(c2ccccc2)C1.CC1CC1N(C(=O)CCc1ccc([PH2+]O)cc1)C1CCN(C)CC1.O=CO. The predicted molar refractivity (Wildman–Crippen MR) is 191 cm³/mol. The number of nitrogens with zero attached hydrogens (tertiary/aromatic N) is 3. The van der Waals surface area contributed by atoms with Crippen LogP contribution in [-0.4, -0.2) is 88.4 Å². The second kappa shape index (κ2) is 18.9. The zero-order chi connectivity index (χ0) is 32.9. The molecule has 2 aliphatic carbocycles. The molecule has 2 aromatic carbocycles. The van der Waals surface area contributed by atoms with Crippen LogP contribution in [-0.2, 0) is 16.0 Å². The first-order valence-electron chi connectivity index (χ1n) is 17.8. The predicted octanol–water partition coefficient (Wildman–Crippen LogP) is 6.04. The van der Waals surface area contributed by atoms with Gasteiger partial charge in [0, 0.05) is 31.1 Å². The summed E-state index contributed by atoms with van der Waals surface area (Å²) in [6.45, 7) is 9.26. The van der Waals surface area contributed by atoms with Crippen molar-refractivity contribution in [3.63, 3.8) is 0 Å². The van der Waals surface area contributed by atoms with Crippen molar-refractivity contribution in [3.8, 4) is 0 Å². The van der Waals surface area contributed by atoms with Gasteiger partial charge in [-0.05, 0) is 120 Å². The molecule has 0 bridgehead atoms. The third kappa shape index (κ3) is 10.9. The Morgan fingerprint density at radius 3 is 2.20 bits per heavy atom. The molecule has 2 aromatic rings. The Morgan fingerprint density at radius 2 is 1.61 bits per heavy atom. The van der Waals surface area contributed by atoms with Gasteiger partial charge in [0.25, 0.3) is 6.47 Å². The quantitative estimate of drug-likeness (QED) is 0.254. The Bertz CT molecular complexity index is 1170. The maximum Gasteiger partial charge on any atom is 0.290 e. The molecule has 8 heteroatoms. The molecule has 254 valence electrons. The van der Waals surface area contributed by atoms with Crippen LogP contribution >= 0.6 is 8.81 Å². The minimum Gasteiger partial charge on any atom is -0.483 e. The highest BCUT2D eigenvalue weighted by Gasteiger charge is 2.43. The van der Waals surface area contributed by atoms with Crippen molar-refractivity contribution in [3.05, 3.63) is 65.7 Å². The van der Waals surface area contributed by atoms with E-state index in [2.05, 4.69) is 65.9 Å². The number of aryl methyl sites for hydroxylation is 1. The topological polar surface area (TPSA) is 84.3 Å². The number of amides is 1. The number of benzene rings is 2. The second-order valence-corrected chi connectivity index (χ2v) is 15.0. The molecule has 2 saturated heterocycles. The summed E-state index contributed by atoms with van der Waals surface area (Å²) in [5.74, 6) is 2.73. The van der Waals surface area contributed by atoms with Crippen LogP contribution in [0.2, 0.25) is 0 Å². The number of carboxylic acid groups (broad SMARTS) is 1. The summed E-state index contributed by atoms with van der Waals surface area (Å²) >= 11 is 0. The van der Waals surface area contributed by atoms with Crippen molar-refractivity contribution >= 4 is 26.5 Å². The molecule has 2 heterocycles. The first-order valence-corrected chi connectivity index (χ1v) is 18.9. The van der Waals surface area contributed by atoms with Gasteiger partial charge in [-0.1, -0.05) is 68.7 Å². The van der Waals surface area contributed by atoms with E-state index in [0.717, 1.165) is 55.5 Å². The average Bonchev–Trinajstić information content (AvgIpc) is 3.59. The van der Waals surface area contributed by atoms with Crippen molar-refractivity contribution in [2.45, 2.75) is 109 Å². The minimum atomic E-state index is -0.615. The van der Waals surface area contributed by atoms with Gasteiger partial charge in [-0.3, -0.25) is 19.4 Å². The van der Waals surface area contributed by atoms with E-state index in [4.69, 9.17) is 9.90 Å². The molecule has 1 amide bonds. The van der Waals surface area contributed by atoms with E-state index >= 15 is 0 Å². The molecule has 6 rings (SSSR count). The van der Waals surface area contributed by atoms with E-state index in [1.165, 1.54) is 63.6 Å². The van der Waals surface area contributed by atoms with Gasteiger partial charge in [-0.25, -0.2) is 0 Å². The summed E-state index contributed by atoms with van der Waals surface area (Å²) in [7, 11) is 1.55. The van der Waals surface area contributed by atoms with Crippen molar-refractivity contribution < 1.29 is 19.6 Å². The average molecular weight is 653 g/mol. The van der Waals surface area contributed by atoms with Gasteiger partial charge in [0.15, 0.2) is 0 Å². The van der Waals surface area contributed by atoms with Gasteiger partial charge in [-0.2, -0.15) is 0 Å². The number of rotatable bonds is 9. The summed E-state index contributed by atoms with van der Waals surface area (Å²) in [5.41, 5.74) is 2.73. The van der Waals surface area contributed by atoms with Gasteiger partial charge < -0.3 is 14.9 Å². The molecule has 2 saturated carbocycles. The number of piperidine rings is 1. The molecule has 4 aliphatic rings. The van der Waals surface area contributed by atoms with Gasteiger partial charge in [0.2, 0.25) is 5.91 Å².